The lowest BCUT2D eigenvalue weighted by Crippen LogP contribution is -2.05. The molecule has 2 heteroatoms. The van der Waals surface area contributed by atoms with Gasteiger partial charge in [-0.25, -0.2) is 0 Å². The molecule has 0 aromatic rings. The Morgan fingerprint density at radius 1 is 1.00 bits per heavy atom. The molecule has 0 aliphatic carbocycles. The van der Waals surface area contributed by atoms with Crippen molar-refractivity contribution in [2.75, 3.05) is 26.4 Å². The first-order chi connectivity index (χ1) is 5.41. The Kier molecular flexibility index (Phi) is 9.85. The van der Waals surface area contributed by atoms with Crippen molar-refractivity contribution in [3.8, 4) is 0 Å². The largest absolute Gasteiger partial charge is 0.379 e. The highest BCUT2D eigenvalue weighted by Gasteiger charge is 1.87. The van der Waals surface area contributed by atoms with Crippen LogP contribution in [0.3, 0.4) is 0 Å². The van der Waals surface area contributed by atoms with Crippen molar-refractivity contribution in [3.63, 3.8) is 0 Å². The van der Waals surface area contributed by atoms with Crippen LogP contribution in [0.4, 0.5) is 0 Å². The predicted octanol–water partition coefficient (Wildman–Crippen LogP) is 2.04. The fraction of sp³-hybridized carbons (Fsp3) is 0.889. The summed E-state index contributed by atoms with van der Waals surface area (Å²) >= 11 is 0. The molecule has 0 rings (SSSR count). The minimum Gasteiger partial charge on any atom is -0.379 e. The van der Waals surface area contributed by atoms with Crippen LogP contribution in [0.25, 0.3) is 0 Å². The lowest BCUT2D eigenvalue weighted by atomic mass is 10.4. The summed E-state index contributed by atoms with van der Waals surface area (Å²) < 4.78 is 10.5. The number of hydrogen-bond donors (Lipinski definition) is 0. The molecule has 0 spiro atoms. The summed E-state index contributed by atoms with van der Waals surface area (Å²) in [5, 5.41) is 0. The van der Waals surface area contributed by atoms with E-state index in [9.17, 15) is 0 Å². The zero-order valence-corrected chi connectivity index (χ0v) is 7.47. The Hall–Kier alpha value is -0.0800. The van der Waals surface area contributed by atoms with Crippen LogP contribution >= 0.6 is 0 Å². The standard InChI is InChI=1S/C9H19O2/c1-3-5-7-11-9-8-10-6-4-2/h2-9H2,1H3. The molecule has 0 saturated heterocycles. The molecule has 0 N–H and O–H groups in total. The van der Waals surface area contributed by atoms with Gasteiger partial charge in [0.1, 0.15) is 0 Å². The highest BCUT2D eigenvalue weighted by Crippen LogP contribution is 1.87. The van der Waals surface area contributed by atoms with E-state index in [1.807, 2.05) is 0 Å². The van der Waals surface area contributed by atoms with Crippen molar-refractivity contribution < 1.29 is 9.47 Å². The molecule has 0 aromatic carbocycles. The monoisotopic (exact) mass is 159 g/mol. The van der Waals surface area contributed by atoms with Gasteiger partial charge in [0.2, 0.25) is 0 Å². The molecule has 11 heavy (non-hydrogen) atoms. The second kappa shape index (κ2) is 9.92. The van der Waals surface area contributed by atoms with Crippen molar-refractivity contribution in [1.82, 2.24) is 0 Å². The Morgan fingerprint density at radius 2 is 1.64 bits per heavy atom. The van der Waals surface area contributed by atoms with Gasteiger partial charge in [-0.15, -0.1) is 0 Å². The summed E-state index contributed by atoms with van der Waals surface area (Å²) in [5.74, 6) is 0. The van der Waals surface area contributed by atoms with Gasteiger partial charge in [0, 0.05) is 13.2 Å². The van der Waals surface area contributed by atoms with Gasteiger partial charge in [0.15, 0.2) is 0 Å². The minimum atomic E-state index is 0.708. The average molecular weight is 159 g/mol. The number of unbranched alkanes of at least 4 members (excludes halogenated alkanes) is 1. The van der Waals surface area contributed by atoms with E-state index in [4.69, 9.17) is 9.47 Å². The summed E-state index contributed by atoms with van der Waals surface area (Å²) in [6, 6.07) is 0. The van der Waals surface area contributed by atoms with Gasteiger partial charge in [-0.2, -0.15) is 0 Å². The van der Waals surface area contributed by atoms with E-state index in [0.717, 1.165) is 32.7 Å². The van der Waals surface area contributed by atoms with E-state index >= 15 is 0 Å². The van der Waals surface area contributed by atoms with Gasteiger partial charge < -0.3 is 9.47 Å². The van der Waals surface area contributed by atoms with Crippen LogP contribution in [0.5, 0.6) is 0 Å². The minimum absolute atomic E-state index is 0.708. The number of rotatable bonds is 8. The first kappa shape index (κ1) is 10.9. The molecular weight excluding hydrogens is 140 g/mol. The van der Waals surface area contributed by atoms with Gasteiger partial charge in [-0.1, -0.05) is 20.3 Å². The van der Waals surface area contributed by atoms with Crippen molar-refractivity contribution >= 4 is 0 Å². The van der Waals surface area contributed by atoms with Crippen molar-refractivity contribution in [1.29, 1.82) is 0 Å². The topological polar surface area (TPSA) is 18.5 Å². The third-order valence-electron chi connectivity index (χ3n) is 1.30. The van der Waals surface area contributed by atoms with Crippen LogP contribution in [0.1, 0.15) is 26.2 Å². The number of hydrogen-bond acceptors (Lipinski definition) is 2. The van der Waals surface area contributed by atoms with Crippen LogP contribution in [0.15, 0.2) is 0 Å². The molecule has 0 fully saturated rings. The summed E-state index contributed by atoms with van der Waals surface area (Å²) in [6.45, 7) is 8.86. The van der Waals surface area contributed by atoms with Crippen LogP contribution < -0.4 is 0 Å². The zero-order chi connectivity index (χ0) is 8.36. The smallest absolute Gasteiger partial charge is 0.0700 e. The molecule has 0 heterocycles. The molecule has 0 atom stereocenters. The average Bonchev–Trinajstić information content (AvgIpc) is 2.03. The highest BCUT2D eigenvalue weighted by atomic mass is 16.5. The second-order valence-electron chi connectivity index (χ2n) is 2.43. The van der Waals surface area contributed by atoms with Gasteiger partial charge in [0.25, 0.3) is 0 Å². The fourth-order valence-corrected chi connectivity index (χ4v) is 0.670. The third-order valence-corrected chi connectivity index (χ3v) is 1.30. The van der Waals surface area contributed by atoms with E-state index in [2.05, 4.69) is 13.8 Å². The molecule has 0 unspecified atom stereocenters. The van der Waals surface area contributed by atoms with Crippen LogP contribution in [-0.4, -0.2) is 26.4 Å². The van der Waals surface area contributed by atoms with Gasteiger partial charge in [-0.3, -0.25) is 0 Å². The van der Waals surface area contributed by atoms with Crippen LogP contribution in [-0.2, 0) is 9.47 Å². The van der Waals surface area contributed by atoms with E-state index in [-0.39, 0.29) is 0 Å². The lowest BCUT2D eigenvalue weighted by molar-refractivity contribution is 0.0483. The second-order valence-corrected chi connectivity index (χ2v) is 2.43. The summed E-state index contributed by atoms with van der Waals surface area (Å²) in [4.78, 5) is 0. The first-order valence-corrected chi connectivity index (χ1v) is 4.36. The summed E-state index contributed by atoms with van der Waals surface area (Å²) in [6.07, 6.45) is 3.18. The fourth-order valence-electron chi connectivity index (χ4n) is 0.670. The van der Waals surface area contributed by atoms with Crippen molar-refractivity contribution in [2.45, 2.75) is 26.2 Å². The van der Waals surface area contributed by atoms with Crippen molar-refractivity contribution in [3.05, 3.63) is 6.92 Å². The predicted molar refractivity (Wildman–Crippen MR) is 46.5 cm³/mol. The van der Waals surface area contributed by atoms with E-state index in [0.29, 0.717) is 6.61 Å². The SMILES string of the molecule is [CH2]CCOCCOCCCC. The van der Waals surface area contributed by atoms with E-state index < -0.39 is 0 Å². The molecule has 67 valence electrons. The Morgan fingerprint density at radius 3 is 2.18 bits per heavy atom. The first-order valence-electron chi connectivity index (χ1n) is 4.36. The van der Waals surface area contributed by atoms with Crippen molar-refractivity contribution in [2.24, 2.45) is 0 Å². The maximum Gasteiger partial charge on any atom is 0.0700 e. The Bertz CT molecular complexity index is 56.6. The van der Waals surface area contributed by atoms with Gasteiger partial charge >= 0.3 is 0 Å². The molecule has 0 amide bonds. The Balaban J connectivity index is 2.69. The molecule has 0 bridgehead atoms. The zero-order valence-electron chi connectivity index (χ0n) is 7.47. The molecule has 0 aliphatic heterocycles. The molecule has 0 saturated carbocycles. The lowest BCUT2D eigenvalue weighted by Gasteiger charge is -2.03. The van der Waals surface area contributed by atoms with Gasteiger partial charge in [0.05, 0.1) is 13.2 Å². The molecule has 0 aromatic heterocycles. The maximum atomic E-state index is 5.28. The number of ether oxygens (including phenoxy) is 2. The van der Waals surface area contributed by atoms with Crippen LogP contribution in [0.2, 0.25) is 0 Å². The van der Waals surface area contributed by atoms with E-state index in [1.165, 1.54) is 6.42 Å². The molecule has 2 nitrogen and oxygen atoms in total. The summed E-state index contributed by atoms with van der Waals surface area (Å²) in [7, 11) is 0. The third kappa shape index (κ3) is 9.92. The quantitative estimate of drug-likeness (QED) is 0.505. The Labute approximate surface area is 69.9 Å². The normalized spacial score (nSPS) is 10.4. The molecular formula is C9H19O2. The van der Waals surface area contributed by atoms with E-state index in [1.54, 1.807) is 0 Å². The molecule has 1 radical (unpaired) electrons. The molecule has 0 aliphatic rings. The maximum absolute atomic E-state index is 5.28. The summed E-state index contributed by atoms with van der Waals surface area (Å²) in [5.41, 5.74) is 0. The van der Waals surface area contributed by atoms with Gasteiger partial charge in [-0.05, 0) is 12.8 Å². The van der Waals surface area contributed by atoms with Crippen LogP contribution in [0, 0.1) is 6.92 Å². The highest BCUT2D eigenvalue weighted by molar-refractivity contribution is 4.37.